The number of aromatic hydroxyl groups is 3. The van der Waals surface area contributed by atoms with E-state index in [0.29, 0.717) is 5.56 Å². The molecule has 0 spiro atoms. The van der Waals surface area contributed by atoms with Crippen molar-refractivity contribution in [2.75, 3.05) is 0 Å². The quantitative estimate of drug-likeness (QED) is 0.148. The molecule has 0 bridgehead atoms. The second kappa shape index (κ2) is 11.0. The Balaban J connectivity index is 1.36. The van der Waals surface area contributed by atoms with Crippen molar-refractivity contribution in [3.05, 3.63) is 74.8 Å². The SMILES string of the molecule is CC(=O)OC(C)c1c(C)cc(O)c2c1C(=O)c1ccc(-c3ccc4c(c3O)C(O)C35OC3(C4=O)C(C(C)OC(C)=O)C(C)(O)CC5=O)c(O)c1C2=O. The van der Waals surface area contributed by atoms with Crippen LogP contribution in [0.5, 0.6) is 17.2 Å². The second-order valence-electron chi connectivity index (χ2n) is 14.1. The number of aliphatic hydroxyl groups is 2. The summed E-state index contributed by atoms with van der Waals surface area (Å²) >= 11 is 0. The van der Waals surface area contributed by atoms with Gasteiger partial charge in [-0.1, -0.05) is 6.07 Å². The van der Waals surface area contributed by atoms with Gasteiger partial charge in [0.15, 0.2) is 28.6 Å². The Morgan fingerprint density at radius 2 is 1.40 bits per heavy atom. The number of epoxide rings is 1. The van der Waals surface area contributed by atoms with Gasteiger partial charge in [0, 0.05) is 59.2 Å². The molecule has 14 nitrogen and oxygen atoms in total. The van der Waals surface area contributed by atoms with Crippen molar-refractivity contribution in [1.29, 1.82) is 0 Å². The Kier molecular flexibility index (Phi) is 7.42. The van der Waals surface area contributed by atoms with Gasteiger partial charge in [-0.15, -0.1) is 0 Å². The largest absolute Gasteiger partial charge is 0.507 e. The van der Waals surface area contributed by atoms with Gasteiger partial charge >= 0.3 is 11.9 Å². The van der Waals surface area contributed by atoms with Gasteiger partial charge in [-0.05, 0) is 57.5 Å². The summed E-state index contributed by atoms with van der Waals surface area (Å²) in [5.41, 5.74) is -8.13. The third-order valence-corrected chi connectivity index (χ3v) is 10.8. The molecule has 3 aromatic carbocycles. The maximum absolute atomic E-state index is 14.3. The zero-order chi connectivity index (χ0) is 38.1. The number of phenolic OH excluding ortho intramolecular Hbond substituents is 3. The van der Waals surface area contributed by atoms with Crippen LogP contribution in [-0.2, 0) is 28.6 Å². The normalized spacial score (nSPS) is 28.1. The number of aryl methyl sites for hydroxylation is 1. The standard InChI is InChI=1S/C38H34O14/c1-13-11-22(41)27-28(24(13)14(2)50-16(4)39)31(45)20-9-7-18(29(43)25(20)32(27)46)19-8-10-21-26(30(19)44)35(48)37-23(42)12-36(6,49)33(15(3)51-17(5)40)38(37,52-37)34(21)47/h7-11,14-15,33,35,41,43-44,48-49H,12H2,1-6H3. The fourth-order valence-electron chi connectivity index (χ4n) is 9.03. The first-order chi connectivity index (χ1) is 24.2. The van der Waals surface area contributed by atoms with E-state index in [-0.39, 0.29) is 33.4 Å². The second-order valence-corrected chi connectivity index (χ2v) is 14.1. The number of carbonyl (C=O) groups excluding carboxylic acids is 6. The fourth-order valence-corrected chi connectivity index (χ4v) is 9.03. The monoisotopic (exact) mass is 714 g/mol. The van der Waals surface area contributed by atoms with Gasteiger partial charge in [0.2, 0.25) is 5.78 Å². The molecule has 1 aliphatic heterocycles. The third kappa shape index (κ3) is 4.28. The van der Waals surface area contributed by atoms with Crippen molar-refractivity contribution >= 4 is 35.1 Å². The van der Waals surface area contributed by atoms with Crippen molar-refractivity contribution in [3.8, 4) is 28.4 Å². The van der Waals surface area contributed by atoms with Gasteiger partial charge in [0.05, 0.1) is 22.6 Å². The van der Waals surface area contributed by atoms with E-state index in [1.165, 1.54) is 58.0 Å². The molecule has 270 valence electrons. The number of carbonyl (C=O) groups is 6. The van der Waals surface area contributed by atoms with Crippen LogP contribution in [0.4, 0.5) is 0 Å². The first kappa shape index (κ1) is 35.0. The minimum Gasteiger partial charge on any atom is -0.507 e. The van der Waals surface area contributed by atoms with E-state index in [1.807, 2.05) is 0 Å². The summed E-state index contributed by atoms with van der Waals surface area (Å²) in [5.74, 6) is -8.08. The van der Waals surface area contributed by atoms with E-state index in [2.05, 4.69) is 0 Å². The van der Waals surface area contributed by atoms with Gasteiger partial charge in [-0.3, -0.25) is 28.8 Å². The maximum atomic E-state index is 14.3. The van der Waals surface area contributed by atoms with Crippen LogP contribution in [0.2, 0.25) is 0 Å². The van der Waals surface area contributed by atoms with Crippen LogP contribution in [-0.4, -0.2) is 83.5 Å². The van der Waals surface area contributed by atoms with E-state index < -0.39 is 116 Å². The number of fused-ring (bicyclic) bond motifs is 3. The van der Waals surface area contributed by atoms with Gasteiger partial charge in [0.1, 0.15) is 35.6 Å². The first-order valence-corrected chi connectivity index (χ1v) is 16.5. The summed E-state index contributed by atoms with van der Waals surface area (Å²) in [6.07, 6.45) is -4.67. The third-order valence-electron chi connectivity index (χ3n) is 10.8. The van der Waals surface area contributed by atoms with Crippen LogP contribution in [0, 0.1) is 12.8 Å². The smallest absolute Gasteiger partial charge is 0.303 e. The molecular weight excluding hydrogens is 680 g/mol. The van der Waals surface area contributed by atoms with Gasteiger partial charge in [-0.2, -0.15) is 0 Å². The van der Waals surface area contributed by atoms with Crippen molar-refractivity contribution in [1.82, 2.24) is 0 Å². The van der Waals surface area contributed by atoms with Crippen LogP contribution in [0.15, 0.2) is 30.3 Å². The molecule has 0 radical (unpaired) electrons. The summed E-state index contributed by atoms with van der Waals surface area (Å²) in [5, 5.41) is 57.3. The molecule has 1 heterocycles. The minimum atomic E-state index is -2.24. The highest BCUT2D eigenvalue weighted by atomic mass is 16.7. The average Bonchev–Trinajstić information content (AvgIpc) is 3.74. The number of hydrogen-bond donors (Lipinski definition) is 5. The summed E-state index contributed by atoms with van der Waals surface area (Å²) in [6, 6.07) is 6.15. The van der Waals surface area contributed by atoms with Crippen LogP contribution in [0.1, 0.15) is 112 Å². The Labute approximate surface area is 295 Å². The van der Waals surface area contributed by atoms with Gasteiger partial charge < -0.3 is 39.7 Å². The molecule has 1 saturated carbocycles. The lowest BCUT2D eigenvalue weighted by Crippen LogP contribution is -2.65. The van der Waals surface area contributed by atoms with Gasteiger partial charge in [0.25, 0.3) is 0 Å². The number of ketones is 4. The molecular formula is C38H34O14. The molecule has 7 atom stereocenters. The van der Waals surface area contributed by atoms with E-state index in [0.717, 1.165) is 6.92 Å². The van der Waals surface area contributed by atoms with E-state index in [4.69, 9.17) is 14.2 Å². The van der Waals surface area contributed by atoms with Crippen LogP contribution < -0.4 is 0 Å². The molecule has 5 N–H and O–H groups in total. The maximum Gasteiger partial charge on any atom is 0.303 e. The van der Waals surface area contributed by atoms with Crippen molar-refractivity contribution in [3.63, 3.8) is 0 Å². The lowest BCUT2D eigenvalue weighted by atomic mass is 9.56. The zero-order valence-electron chi connectivity index (χ0n) is 28.8. The molecule has 0 aromatic heterocycles. The number of benzene rings is 3. The van der Waals surface area contributed by atoms with Crippen molar-refractivity contribution in [2.45, 2.75) is 83.1 Å². The molecule has 52 heavy (non-hydrogen) atoms. The number of esters is 2. The predicted molar refractivity (Wildman–Crippen MR) is 176 cm³/mol. The number of Topliss-reactive ketones (excluding diaryl/α,β-unsaturated/α-hetero) is 2. The zero-order valence-corrected chi connectivity index (χ0v) is 28.8. The highest BCUT2D eigenvalue weighted by molar-refractivity contribution is 6.31. The lowest BCUT2D eigenvalue weighted by Gasteiger charge is -2.46. The molecule has 3 aromatic rings. The van der Waals surface area contributed by atoms with Crippen molar-refractivity contribution in [2.24, 2.45) is 5.92 Å². The van der Waals surface area contributed by atoms with Crippen LogP contribution in [0.25, 0.3) is 11.1 Å². The summed E-state index contributed by atoms with van der Waals surface area (Å²) in [4.78, 5) is 79.5. The molecule has 7 unspecified atom stereocenters. The number of hydrogen-bond acceptors (Lipinski definition) is 14. The highest BCUT2D eigenvalue weighted by Crippen LogP contribution is 2.71. The van der Waals surface area contributed by atoms with Crippen molar-refractivity contribution < 1.29 is 68.5 Å². The Hall–Kier alpha value is -5.44. The summed E-state index contributed by atoms with van der Waals surface area (Å²) < 4.78 is 16.5. The van der Waals surface area contributed by atoms with E-state index in [9.17, 15) is 54.3 Å². The molecule has 1 saturated heterocycles. The summed E-state index contributed by atoms with van der Waals surface area (Å²) in [6.45, 7) is 8.13. The average molecular weight is 715 g/mol. The number of rotatable bonds is 5. The predicted octanol–water partition coefficient (Wildman–Crippen LogP) is 3.21. The number of ether oxygens (including phenoxy) is 3. The Morgan fingerprint density at radius 1 is 0.827 bits per heavy atom. The van der Waals surface area contributed by atoms with E-state index in [1.54, 1.807) is 6.92 Å². The minimum absolute atomic E-state index is 0.195. The first-order valence-electron chi connectivity index (χ1n) is 16.5. The molecule has 3 aliphatic carbocycles. The molecule has 14 heteroatoms. The Morgan fingerprint density at radius 3 is 2.02 bits per heavy atom. The topological polar surface area (TPSA) is 235 Å². The molecule has 4 aliphatic rings. The van der Waals surface area contributed by atoms with Crippen LogP contribution in [0.3, 0.4) is 0 Å². The molecule has 2 fully saturated rings. The fraction of sp³-hybridized carbons (Fsp3) is 0.368. The number of aliphatic hydroxyl groups excluding tert-OH is 1. The molecule has 7 rings (SSSR count). The Bertz CT molecular complexity index is 2230. The highest BCUT2D eigenvalue weighted by Gasteiger charge is 2.90. The summed E-state index contributed by atoms with van der Waals surface area (Å²) in [7, 11) is 0. The van der Waals surface area contributed by atoms with E-state index >= 15 is 0 Å². The molecule has 0 amide bonds. The van der Waals surface area contributed by atoms with Gasteiger partial charge in [-0.25, -0.2) is 0 Å². The van der Waals surface area contributed by atoms with Crippen LogP contribution >= 0.6 is 0 Å². The lowest BCUT2D eigenvalue weighted by molar-refractivity contribution is -0.162. The number of phenols is 3.